The molecule has 2 aromatic rings. The number of carboxylic acid groups (broad SMARTS) is 1. The fraction of sp³-hybridized carbons (Fsp3) is 0.312. The van der Waals surface area contributed by atoms with Gasteiger partial charge in [-0.2, -0.15) is 0 Å². The normalized spacial score (nSPS) is 12.6. The van der Waals surface area contributed by atoms with Crippen molar-refractivity contribution in [2.45, 2.75) is 13.5 Å². The molecule has 0 aliphatic carbocycles. The van der Waals surface area contributed by atoms with Gasteiger partial charge in [0.25, 0.3) is 0 Å². The third kappa shape index (κ3) is 4.46. The second-order valence-corrected chi connectivity index (χ2v) is 7.31. The van der Waals surface area contributed by atoms with Crippen LogP contribution in [0.3, 0.4) is 0 Å². The number of carboxylic acids is 1. The van der Waals surface area contributed by atoms with Gasteiger partial charge >= 0.3 is 5.97 Å². The molecule has 0 fully saturated rings. The largest absolute Gasteiger partial charge is 0.481 e. The summed E-state index contributed by atoms with van der Waals surface area (Å²) in [5, 5.41) is 10.0. The highest BCUT2D eigenvalue weighted by Gasteiger charge is 2.14. The van der Waals surface area contributed by atoms with Gasteiger partial charge in [0.15, 0.2) is 0 Å². The molecule has 6 heteroatoms. The van der Waals surface area contributed by atoms with Crippen LogP contribution in [0.2, 0.25) is 10.0 Å². The summed E-state index contributed by atoms with van der Waals surface area (Å²) in [6.45, 7) is 2.97. The molecular formula is C16H17Cl2NO2S. The molecule has 0 aliphatic rings. The van der Waals surface area contributed by atoms with E-state index in [9.17, 15) is 4.79 Å². The summed E-state index contributed by atoms with van der Waals surface area (Å²) < 4.78 is 0. The molecule has 0 aliphatic heterocycles. The highest BCUT2D eigenvalue weighted by Crippen LogP contribution is 2.33. The minimum Gasteiger partial charge on any atom is -0.481 e. The van der Waals surface area contributed by atoms with Gasteiger partial charge in [-0.15, -0.1) is 11.3 Å². The number of thiophene rings is 1. The fourth-order valence-electron chi connectivity index (χ4n) is 2.14. The van der Waals surface area contributed by atoms with E-state index in [1.807, 2.05) is 30.1 Å². The van der Waals surface area contributed by atoms with E-state index >= 15 is 0 Å². The molecule has 1 aromatic carbocycles. The average Bonchev–Trinajstić information content (AvgIpc) is 2.90. The fourth-order valence-corrected chi connectivity index (χ4v) is 3.53. The number of hydrogen-bond acceptors (Lipinski definition) is 3. The SMILES string of the molecule is CC(CN(C)Cc1ccc(-c2ccc(Cl)c(Cl)c2)s1)C(=O)O. The highest BCUT2D eigenvalue weighted by molar-refractivity contribution is 7.15. The molecule has 118 valence electrons. The Kier molecular flexibility index (Phi) is 5.87. The smallest absolute Gasteiger partial charge is 0.307 e. The van der Waals surface area contributed by atoms with Crippen LogP contribution in [0.4, 0.5) is 0 Å². The van der Waals surface area contributed by atoms with Crippen molar-refractivity contribution >= 4 is 40.5 Å². The number of halogens is 2. The molecule has 0 saturated heterocycles. The predicted molar refractivity (Wildman–Crippen MR) is 92.9 cm³/mol. The quantitative estimate of drug-likeness (QED) is 0.801. The van der Waals surface area contributed by atoms with E-state index in [2.05, 4.69) is 6.07 Å². The zero-order chi connectivity index (χ0) is 16.3. The second-order valence-electron chi connectivity index (χ2n) is 5.33. The summed E-state index contributed by atoms with van der Waals surface area (Å²) in [7, 11) is 1.93. The molecule has 1 N–H and O–H groups in total. The van der Waals surface area contributed by atoms with Gasteiger partial charge in [0.2, 0.25) is 0 Å². The maximum Gasteiger partial charge on any atom is 0.307 e. The van der Waals surface area contributed by atoms with E-state index in [0.29, 0.717) is 16.6 Å². The lowest BCUT2D eigenvalue weighted by molar-refractivity contribution is -0.141. The second kappa shape index (κ2) is 7.47. The van der Waals surface area contributed by atoms with Crippen molar-refractivity contribution < 1.29 is 9.90 Å². The Labute approximate surface area is 144 Å². The molecule has 0 bridgehead atoms. The minimum absolute atomic E-state index is 0.375. The van der Waals surface area contributed by atoms with Crippen molar-refractivity contribution in [2.24, 2.45) is 5.92 Å². The van der Waals surface area contributed by atoms with Crippen LogP contribution in [-0.2, 0) is 11.3 Å². The van der Waals surface area contributed by atoms with E-state index in [-0.39, 0.29) is 5.92 Å². The first kappa shape index (κ1) is 17.3. The zero-order valence-corrected chi connectivity index (χ0v) is 14.7. The molecule has 3 nitrogen and oxygen atoms in total. The van der Waals surface area contributed by atoms with Crippen molar-refractivity contribution in [3.05, 3.63) is 45.3 Å². The molecule has 1 unspecified atom stereocenters. The molecule has 0 saturated carbocycles. The molecular weight excluding hydrogens is 341 g/mol. The molecule has 0 amide bonds. The minimum atomic E-state index is -0.769. The molecule has 0 spiro atoms. The van der Waals surface area contributed by atoms with Crippen molar-refractivity contribution in [1.29, 1.82) is 0 Å². The molecule has 1 atom stereocenters. The standard InChI is InChI=1S/C16H17Cl2NO2S/c1-10(16(20)21)8-19(2)9-12-4-6-15(22-12)11-3-5-13(17)14(18)7-11/h3-7,10H,8-9H2,1-2H3,(H,20,21). The summed E-state index contributed by atoms with van der Waals surface area (Å²) in [6, 6.07) is 9.70. The van der Waals surface area contributed by atoms with Crippen LogP contribution in [0.1, 0.15) is 11.8 Å². The van der Waals surface area contributed by atoms with E-state index in [4.69, 9.17) is 28.3 Å². The van der Waals surface area contributed by atoms with Crippen LogP contribution >= 0.6 is 34.5 Å². The third-order valence-corrected chi connectivity index (χ3v) is 5.16. The van der Waals surface area contributed by atoms with E-state index < -0.39 is 5.97 Å². The van der Waals surface area contributed by atoms with Crippen LogP contribution in [0.25, 0.3) is 10.4 Å². The molecule has 1 heterocycles. The van der Waals surface area contributed by atoms with Crippen molar-refractivity contribution in [3.8, 4) is 10.4 Å². The van der Waals surface area contributed by atoms with Crippen LogP contribution in [0, 0.1) is 5.92 Å². The van der Waals surface area contributed by atoms with Crippen molar-refractivity contribution in [2.75, 3.05) is 13.6 Å². The van der Waals surface area contributed by atoms with E-state index in [1.54, 1.807) is 24.3 Å². The Morgan fingerprint density at radius 2 is 2.00 bits per heavy atom. The van der Waals surface area contributed by atoms with Crippen molar-refractivity contribution in [1.82, 2.24) is 4.90 Å². The maximum absolute atomic E-state index is 10.9. The molecule has 22 heavy (non-hydrogen) atoms. The Morgan fingerprint density at radius 1 is 1.27 bits per heavy atom. The molecule has 1 aromatic heterocycles. The predicted octanol–water partition coefficient (Wildman–Crippen LogP) is 4.87. The van der Waals surface area contributed by atoms with Gasteiger partial charge in [-0.1, -0.05) is 36.2 Å². The topological polar surface area (TPSA) is 40.5 Å². The highest BCUT2D eigenvalue weighted by atomic mass is 35.5. The first-order valence-electron chi connectivity index (χ1n) is 6.82. The van der Waals surface area contributed by atoms with Gasteiger partial charge < -0.3 is 10.0 Å². The summed E-state index contributed by atoms with van der Waals surface area (Å²) in [5.41, 5.74) is 1.03. The van der Waals surface area contributed by atoms with E-state index in [0.717, 1.165) is 17.0 Å². The van der Waals surface area contributed by atoms with Crippen LogP contribution < -0.4 is 0 Å². The Hall–Kier alpha value is -1.07. The molecule has 2 rings (SSSR count). The van der Waals surface area contributed by atoms with Gasteiger partial charge in [-0.25, -0.2) is 0 Å². The van der Waals surface area contributed by atoms with Crippen LogP contribution in [0.5, 0.6) is 0 Å². The number of aliphatic carboxylic acids is 1. The third-order valence-electron chi connectivity index (χ3n) is 3.30. The number of nitrogens with zero attached hydrogens (tertiary/aromatic N) is 1. The van der Waals surface area contributed by atoms with Gasteiger partial charge in [0.05, 0.1) is 16.0 Å². The Bertz CT molecular complexity index is 672. The van der Waals surface area contributed by atoms with Gasteiger partial charge in [0.1, 0.15) is 0 Å². The lowest BCUT2D eigenvalue weighted by Crippen LogP contribution is -2.27. The lowest BCUT2D eigenvalue weighted by Gasteiger charge is -2.17. The molecule has 0 radical (unpaired) electrons. The maximum atomic E-state index is 10.9. The average molecular weight is 358 g/mol. The monoisotopic (exact) mass is 357 g/mol. The van der Waals surface area contributed by atoms with Crippen LogP contribution in [-0.4, -0.2) is 29.6 Å². The number of carbonyl (C=O) groups is 1. The summed E-state index contributed by atoms with van der Waals surface area (Å²) >= 11 is 13.7. The van der Waals surface area contributed by atoms with E-state index in [1.165, 1.54) is 4.88 Å². The Balaban J connectivity index is 2.05. The lowest BCUT2D eigenvalue weighted by atomic mass is 10.2. The van der Waals surface area contributed by atoms with Crippen LogP contribution in [0.15, 0.2) is 30.3 Å². The van der Waals surface area contributed by atoms with Crippen molar-refractivity contribution in [3.63, 3.8) is 0 Å². The summed E-state index contributed by atoms with van der Waals surface area (Å²) in [4.78, 5) is 15.2. The first-order chi connectivity index (χ1) is 10.4. The van der Waals surface area contributed by atoms with Gasteiger partial charge in [0, 0.05) is 22.8 Å². The summed E-state index contributed by atoms with van der Waals surface area (Å²) in [6.07, 6.45) is 0. The number of rotatable bonds is 6. The zero-order valence-electron chi connectivity index (χ0n) is 12.3. The number of hydrogen-bond donors (Lipinski definition) is 1. The summed E-state index contributed by atoms with van der Waals surface area (Å²) in [5.74, 6) is -1.14. The number of benzene rings is 1. The van der Waals surface area contributed by atoms with Gasteiger partial charge in [-0.3, -0.25) is 4.79 Å². The Morgan fingerprint density at radius 3 is 2.64 bits per heavy atom. The first-order valence-corrected chi connectivity index (χ1v) is 8.39. The van der Waals surface area contributed by atoms with Gasteiger partial charge in [-0.05, 0) is 36.9 Å².